The van der Waals surface area contributed by atoms with Gasteiger partial charge in [-0.1, -0.05) is 17.7 Å². The molecule has 0 unspecified atom stereocenters. The van der Waals surface area contributed by atoms with Gasteiger partial charge in [0.25, 0.3) is 5.91 Å². The van der Waals surface area contributed by atoms with Crippen molar-refractivity contribution >= 4 is 29.9 Å². The van der Waals surface area contributed by atoms with E-state index in [2.05, 4.69) is 5.32 Å². The Balaban J connectivity index is 0.00000300. The number of nitrogens with zero attached hydrogens (tertiary/aromatic N) is 1. The third kappa shape index (κ3) is 5.92. The van der Waals surface area contributed by atoms with E-state index in [-0.39, 0.29) is 25.0 Å². The summed E-state index contributed by atoms with van der Waals surface area (Å²) in [5.74, 6) is 2.03. The molecule has 6 nitrogen and oxygen atoms in total. The lowest BCUT2D eigenvalue weighted by atomic mass is 10.1. The fourth-order valence-electron chi connectivity index (χ4n) is 3.13. The summed E-state index contributed by atoms with van der Waals surface area (Å²) in [5.41, 5.74) is 1.71. The van der Waals surface area contributed by atoms with Crippen LogP contribution in [0.5, 0.6) is 17.2 Å². The first-order valence-electron chi connectivity index (χ1n) is 9.25. The van der Waals surface area contributed by atoms with Gasteiger partial charge in [-0.25, -0.2) is 0 Å². The molecule has 0 saturated carbocycles. The number of rotatable bonds is 9. The molecule has 0 aromatic heterocycles. The van der Waals surface area contributed by atoms with Gasteiger partial charge >= 0.3 is 0 Å². The number of carbonyl (C=O) groups excluding carboxylic acids is 1. The molecular weight excluding hydrogens is 415 g/mol. The summed E-state index contributed by atoms with van der Waals surface area (Å²) in [6.07, 6.45) is 1.73. The molecule has 0 spiro atoms. The van der Waals surface area contributed by atoms with E-state index in [9.17, 15) is 4.79 Å². The number of nitrogens with one attached hydrogen (secondary N) is 1. The van der Waals surface area contributed by atoms with Crippen molar-refractivity contribution in [1.29, 1.82) is 0 Å². The Bertz CT molecular complexity index is 832. The van der Waals surface area contributed by atoms with Crippen molar-refractivity contribution in [2.45, 2.75) is 12.8 Å². The number of halogens is 2. The molecule has 0 atom stereocenters. The van der Waals surface area contributed by atoms with Gasteiger partial charge in [0.1, 0.15) is 5.75 Å². The van der Waals surface area contributed by atoms with E-state index in [0.29, 0.717) is 22.9 Å². The monoisotopic (exact) mass is 440 g/mol. The highest BCUT2D eigenvalue weighted by Gasteiger charge is 2.25. The van der Waals surface area contributed by atoms with Gasteiger partial charge in [0.15, 0.2) is 18.2 Å². The normalized spacial score (nSPS) is 12.7. The van der Waals surface area contributed by atoms with E-state index in [0.717, 1.165) is 37.4 Å². The summed E-state index contributed by atoms with van der Waals surface area (Å²) < 4.78 is 16.2. The minimum absolute atomic E-state index is 0. The summed E-state index contributed by atoms with van der Waals surface area (Å²) in [6.45, 7) is 2.57. The molecule has 29 heavy (non-hydrogen) atoms. The third-order valence-electron chi connectivity index (χ3n) is 4.66. The molecule has 158 valence electrons. The zero-order chi connectivity index (χ0) is 19.9. The van der Waals surface area contributed by atoms with Gasteiger partial charge in [0.2, 0.25) is 0 Å². The third-order valence-corrected chi connectivity index (χ3v) is 4.89. The van der Waals surface area contributed by atoms with Crippen LogP contribution in [0.25, 0.3) is 0 Å². The molecule has 0 radical (unpaired) electrons. The molecule has 2 aromatic rings. The average Bonchev–Trinajstić information content (AvgIpc) is 2.72. The van der Waals surface area contributed by atoms with Crippen LogP contribution in [0, 0.1) is 0 Å². The molecule has 0 fully saturated rings. The molecule has 0 saturated heterocycles. The Morgan fingerprint density at radius 3 is 2.66 bits per heavy atom. The highest BCUT2D eigenvalue weighted by atomic mass is 35.5. The number of fused-ring (bicyclic) bond motifs is 1. The van der Waals surface area contributed by atoms with Crippen molar-refractivity contribution in [2.24, 2.45) is 0 Å². The van der Waals surface area contributed by atoms with Crippen molar-refractivity contribution in [3.63, 3.8) is 0 Å². The molecular formula is C21H26Cl2N2O4. The van der Waals surface area contributed by atoms with Gasteiger partial charge in [-0.05, 0) is 61.8 Å². The number of ether oxygens (including phenoxy) is 3. The lowest BCUT2D eigenvalue weighted by Gasteiger charge is -2.28. The van der Waals surface area contributed by atoms with Gasteiger partial charge in [0.05, 0.1) is 19.8 Å². The van der Waals surface area contributed by atoms with Crippen LogP contribution in [0.4, 0.5) is 0 Å². The van der Waals surface area contributed by atoms with Crippen LogP contribution in [-0.2, 0) is 6.42 Å². The molecule has 1 aliphatic heterocycles. The summed E-state index contributed by atoms with van der Waals surface area (Å²) in [5, 5.41) is 3.95. The maximum absolute atomic E-state index is 12.5. The highest BCUT2D eigenvalue weighted by molar-refractivity contribution is 6.31. The molecule has 1 heterocycles. The van der Waals surface area contributed by atoms with E-state index >= 15 is 0 Å². The quantitative estimate of drug-likeness (QED) is 0.600. The first-order valence-corrected chi connectivity index (χ1v) is 9.63. The van der Waals surface area contributed by atoms with Gasteiger partial charge in [-0.15, -0.1) is 12.4 Å². The Morgan fingerprint density at radius 1 is 1.10 bits per heavy atom. The van der Waals surface area contributed by atoms with Gasteiger partial charge in [-0.3, -0.25) is 4.79 Å². The number of carbonyl (C=O) groups is 1. The molecule has 3 rings (SSSR count). The Morgan fingerprint density at radius 2 is 1.90 bits per heavy atom. The second kappa shape index (κ2) is 11.1. The van der Waals surface area contributed by atoms with Crippen molar-refractivity contribution in [3.05, 3.63) is 52.5 Å². The van der Waals surface area contributed by atoms with E-state index < -0.39 is 0 Å². The summed E-state index contributed by atoms with van der Waals surface area (Å²) in [6, 6.07) is 11.1. The van der Waals surface area contributed by atoms with Gasteiger partial charge in [-0.2, -0.15) is 0 Å². The number of methoxy groups -OCH3 is 2. The van der Waals surface area contributed by atoms with Crippen molar-refractivity contribution in [2.75, 3.05) is 40.6 Å². The van der Waals surface area contributed by atoms with Crippen molar-refractivity contribution in [1.82, 2.24) is 10.2 Å². The molecule has 1 N–H and O–H groups in total. The number of amides is 1. The fourth-order valence-corrected chi connectivity index (χ4v) is 3.30. The zero-order valence-corrected chi connectivity index (χ0v) is 18.1. The largest absolute Gasteiger partial charge is 0.493 e. The molecule has 1 aliphatic rings. The molecule has 2 aromatic carbocycles. The van der Waals surface area contributed by atoms with Crippen LogP contribution in [0.2, 0.25) is 5.02 Å². The van der Waals surface area contributed by atoms with Gasteiger partial charge in [0, 0.05) is 11.6 Å². The summed E-state index contributed by atoms with van der Waals surface area (Å²) in [7, 11) is 3.27. The molecule has 8 heteroatoms. The molecule has 0 bridgehead atoms. The minimum Gasteiger partial charge on any atom is -0.493 e. The predicted molar refractivity (Wildman–Crippen MR) is 116 cm³/mol. The highest BCUT2D eigenvalue weighted by Crippen LogP contribution is 2.28. The van der Waals surface area contributed by atoms with Crippen LogP contribution >= 0.6 is 24.0 Å². The van der Waals surface area contributed by atoms with Gasteiger partial charge < -0.3 is 24.4 Å². The van der Waals surface area contributed by atoms with Crippen LogP contribution in [-0.4, -0.2) is 51.4 Å². The summed E-state index contributed by atoms with van der Waals surface area (Å²) in [4.78, 5) is 14.2. The van der Waals surface area contributed by atoms with Crippen LogP contribution in [0.3, 0.4) is 0 Å². The van der Waals surface area contributed by atoms with E-state index in [1.165, 1.54) is 5.56 Å². The topological polar surface area (TPSA) is 60.0 Å². The number of hydrogen-bond acceptors (Lipinski definition) is 5. The van der Waals surface area contributed by atoms with Crippen LogP contribution in [0.1, 0.15) is 22.3 Å². The molecule has 0 aliphatic carbocycles. The smallest absolute Gasteiger partial charge is 0.260 e. The first-order chi connectivity index (χ1) is 13.6. The lowest BCUT2D eigenvalue weighted by molar-refractivity contribution is 0.0519. The second-order valence-corrected chi connectivity index (χ2v) is 6.96. The maximum Gasteiger partial charge on any atom is 0.260 e. The Kier molecular flexibility index (Phi) is 8.89. The second-order valence-electron chi connectivity index (χ2n) is 6.53. The van der Waals surface area contributed by atoms with Crippen molar-refractivity contribution in [3.8, 4) is 17.2 Å². The summed E-state index contributed by atoms with van der Waals surface area (Å²) >= 11 is 5.99. The van der Waals surface area contributed by atoms with E-state index in [1.54, 1.807) is 37.3 Å². The fraction of sp³-hybridized carbons (Fsp3) is 0.381. The Labute approximate surface area is 182 Å². The number of benzene rings is 2. The maximum atomic E-state index is 12.5. The van der Waals surface area contributed by atoms with E-state index in [1.807, 2.05) is 18.2 Å². The first kappa shape index (κ1) is 23.1. The van der Waals surface area contributed by atoms with Crippen LogP contribution in [0.15, 0.2) is 36.4 Å². The number of hydrogen-bond donors (Lipinski definition) is 1. The zero-order valence-electron chi connectivity index (χ0n) is 16.6. The Hall–Kier alpha value is -2.15. The van der Waals surface area contributed by atoms with E-state index in [4.69, 9.17) is 25.8 Å². The standard InChI is InChI=1S/C21H25ClN2O4.ClH/c1-26-19-6-4-15(12-20(19)27-2)8-10-23-9-3-11-24-14-28-18-7-5-16(22)13-17(18)21(24)25;/h4-7,12-13,23H,3,8-11,14H2,1-2H3;1H. The van der Waals surface area contributed by atoms with Crippen molar-refractivity contribution < 1.29 is 19.0 Å². The lowest BCUT2D eigenvalue weighted by Crippen LogP contribution is -2.40. The predicted octanol–water partition coefficient (Wildman–Crippen LogP) is 3.79. The SMILES string of the molecule is COc1ccc(CCNCCCN2COc3ccc(Cl)cc3C2=O)cc1OC.Cl. The van der Waals surface area contributed by atoms with Crippen LogP contribution < -0.4 is 19.5 Å². The minimum atomic E-state index is -0.0333. The average molecular weight is 441 g/mol. The molecule has 1 amide bonds.